The van der Waals surface area contributed by atoms with Crippen LogP contribution in [0.1, 0.15) is 50.0 Å². The Bertz CT molecular complexity index is 489. The Morgan fingerprint density at radius 3 is 2.65 bits per heavy atom. The lowest BCUT2D eigenvalue weighted by molar-refractivity contribution is 0.0954. The molecule has 1 rings (SSSR count). The number of carbonyl (C=O) groups excluding carboxylic acids is 1. The van der Waals surface area contributed by atoms with E-state index in [0.29, 0.717) is 24.7 Å². The van der Waals surface area contributed by atoms with Crippen LogP contribution in [0.5, 0.6) is 5.75 Å². The molecule has 1 atom stereocenters. The maximum Gasteiger partial charge on any atom is 0.251 e. The highest BCUT2D eigenvalue weighted by atomic mass is 16.5. The second kappa shape index (κ2) is 10.2. The first kappa shape index (κ1) is 19.5. The summed E-state index contributed by atoms with van der Waals surface area (Å²) in [5.74, 6) is 0.668. The number of hydrogen-bond acceptors (Lipinski definition) is 4. The Morgan fingerprint density at radius 2 is 2.04 bits per heavy atom. The zero-order valence-electron chi connectivity index (χ0n) is 14.7. The minimum Gasteiger partial charge on any atom is -0.491 e. The smallest absolute Gasteiger partial charge is 0.251 e. The topological polar surface area (TPSA) is 70.6 Å². The number of hydrogen-bond donors (Lipinski definition) is 3. The van der Waals surface area contributed by atoms with Crippen molar-refractivity contribution in [3.05, 3.63) is 29.3 Å². The van der Waals surface area contributed by atoms with Crippen molar-refractivity contribution in [3.8, 4) is 5.75 Å². The lowest BCUT2D eigenvalue weighted by atomic mass is 10.0. The number of aryl methyl sites for hydroxylation is 1. The van der Waals surface area contributed by atoms with Crippen LogP contribution in [0.2, 0.25) is 0 Å². The van der Waals surface area contributed by atoms with E-state index in [-0.39, 0.29) is 12.5 Å². The van der Waals surface area contributed by atoms with Gasteiger partial charge in [-0.25, -0.2) is 0 Å². The van der Waals surface area contributed by atoms with Gasteiger partial charge in [0.15, 0.2) is 0 Å². The van der Waals surface area contributed by atoms with E-state index < -0.39 is 6.10 Å². The van der Waals surface area contributed by atoms with Crippen LogP contribution in [0.3, 0.4) is 0 Å². The molecule has 0 heterocycles. The maximum atomic E-state index is 11.9. The first-order valence-corrected chi connectivity index (χ1v) is 8.43. The predicted molar refractivity (Wildman–Crippen MR) is 93.1 cm³/mol. The van der Waals surface area contributed by atoms with Gasteiger partial charge in [0.2, 0.25) is 0 Å². The van der Waals surface area contributed by atoms with E-state index in [1.165, 1.54) is 0 Å². The average Bonchev–Trinajstić information content (AvgIpc) is 2.52. The van der Waals surface area contributed by atoms with Crippen LogP contribution in [0.4, 0.5) is 0 Å². The SMILES string of the molecule is CCCc1cc(C(=O)NCC)ccc1OC[C@H](O)CNC(C)C. The molecule has 0 bridgehead atoms. The molecule has 5 nitrogen and oxygen atoms in total. The fourth-order valence-electron chi connectivity index (χ4n) is 2.21. The molecular weight excluding hydrogens is 292 g/mol. The molecule has 5 heteroatoms. The molecule has 1 aromatic carbocycles. The molecule has 0 aliphatic rings. The molecule has 0 aromatic heterocycles. The average molecular weight is 322 g/mol. The molecule has 0 radical (unpaired) electrons. The molecule has 0 unspecified atom stereocenters. The van der Waals surface area contributed by atoms with Gasteiger partial charge in [-0.05, 0) is 37.1 Å². The van der Waals surface area contributed by atoms with Gasteiger partial charge in [0, 0.05) is 24.7 Å². The fraction of sp³-hybridized carbons (Fsp3) is 0.611. The van der Waals surface area contributed by atoms with E-state index >= 15 is 0 Å². The van der Waals surface area contributed by atoms with Crippen LogP contribution in [0.25, 0.3) is 0 Å². The molecule has 1 aromatic rings. The van der Waals surface area contributed by atoms with Crippen molar-refractivity contribution in [3.63, 3.8) is 0 Å². The van der Waals surface area contributed by atoms with Crippen LogP contribution in [-0.2, 0) is 6.42 Å². The van der Waals surface area contributed by atoms with Crippen molar-refractivity contribution in [1.29, 1.82) is 0 Å². The van der Waals surface area contributed by atoms with Gasteiger partial charge in [-0.2, -0.15) is 0 Å². The normalized spacial score (nSPS) is 12.3. The van der Waals surface area contributed by atoms with Crippen LogP contribution in [-0.4, -0.2) is 42.9 Å². The number of amides is 1. The summed E-state index contributed by atoms with van der Waals surface area (Å²) in [6.45, 7) is 9.39. The minimum absolute atomic E-state index is 0.0717. The Kier molecular flexibility index (Phi) is 8.66. The summed E-state index contributed by atoms with van der Waals surface area (Å²) in [5, 5.41) is 15.9. The summed E-state index contributed by atoms with van der Waals surface area (Å²) in [5.41, 5.74) is 1.64. The molecule has 0 fully saturated rings. The van der Waals surface area contributed by atoms with Gasteiger partial charge in [0.25, 0.3) is 5.91 Å². The third-order valence-electron chi connectivity index (χ3n) is 3.37. The van der Waals surface area contributed by atoms with E-state index in [1.54, 1.807) is 6.07 Å². The molecule has 0 aliphatic heterocycles. The van der Waals surface area contributed by atoms with E-state index in [2.05, 4.69) is 17.6 Å². The van der Waals surface area contributed by atoms with Gasteiger partial charge in [0.1, 0.15) is 18.5 Å². The number of nitrogens with one attached hydrogen (secondary N) is 2. The minimum atomic E-state index is -0.560. The number of ether oxygens (including phenoxy) is 1. The summed E-state index contributed by atoms with van der Waals surface area (Å²) in [7, 11) is 0. The third kappa shape index (κ3) is 7.01. The Morgan fingerprint density at radius 1 is 1.30 bits per heavy atom. The monoisotopic (exact) mass is 322 g/mol. The van der Waals surface area contributed by atoms with E-state index in [0.717, 1.165) is 24.2 Å². The molecule has 0 spiro atoms. The molecule has 130 valence electrons. The Balaban J connectivity index is 2.71. The van der Waals surface area contributed by atoms with Gasteiger partial charge >= 0.3 is 0 Å². The zero-order valence-corrected chi connectivity index (χ0v) is 14.7. The summed E-state index contributed by atoms with van der Waals surface area (Å²) < 4.78 is 5.76. The fourth-order valence-corrected chi connectivity index (χ4v) is 2.21. The van der Waals surface area contributed by atoms with Crippen molar-refractivity contribution >= 4 is 5.91 Å². The Labute approximate surface area is 139 Å². The molecule has 1 amide bonds. The molecule has 0 saturated heterocycles. The van der Waals surface area contributed by atoms with Gasteiger partial charge in [-0.15, -0.1) is 0 Å². The van der Waals surface area contributed by atoms with Crippen molar-refractivity contribution in [2.45, 2.75) is 52.7 Å². The first-order chi connectivity index (χ1) is 11.0. The number of carbonyl (C=O) groups is 1. The van der Waals surface area contributed by atoms with Gasteiger partial charge in [-0.1, -0.05) is 27.2 Å². The van der Waals surface area contributed by atoms with Crippen LogP contribution < -0.4 is 15.4 Å². The molecule has 3 N–H and O–H groups in total. The molecule has 23 heavy (non-hydrogen) atoms. The molecule has 0 aliphatic carbocycles. The highest BCUT2D eigenvalue weighted by Gasteiger charge is 2.12. The molecule has 0 saturated carbocycles. The quantitative estimate of drug-likeness (QED) is 0.617. The zero-order chi connectivity index (χ0) is 17.2. The van der Waals surface area contributed by atoms with Crippen molar-refractivity contribution in [2.75, 3.05) is 19.7 Å². The standard InChI is InChI=1S/C18H30N2O3/c1-5-7-14-10-15(18(22)19-6-2)8-9-17(14)23-12-16(21)11-20-13(3)4/h8-10,13,16,20-21H,5-7,11-12H2,1-4H3,(H,19,22)/t16-/m1/s1. The Hall–Kier alpha value is -1.59. The van der Waals surface area contributed by atoms with E-state index in [9.17, 15) is 9.90 Å². The summed E-state index contributed by atoms with van der Waals surface area (Å²) in [6.07, 6.45) is 1.24. The summed E-state index contributed by atoms with van der Waals surface area (Å²) in [4.78, 5) is 11.9. The van der Waals surface area contributed by atoms with Crippen LogP contribution in [0.15, 0.2) is 18.2 Å². The van der Waals surface area contributed by atoms with Crippen molar-refractivity contribution < 1.29 is 14.6 Å². The predicted octanol–water partition coefficient (Wildman–Crippen LogP) is 2.13. The lowest BCUT2D eigenvalue weighted by Gasteiger charge is -2.17. The van der Waals surface area contributed by atoms with Crippen molar-refractivity contribution in [2.24, 2.45) is 0 Å². The lowest BCUT2D eigenvalue weighted by Crippen LogP contribution is -2.35. The maximum absolute atomic E-state index is 11.9. The largest absolute Gasteiger partial charge is 0.491 e. The highest BCUT2D eigenvalue weighted by molar-refractivity contribution is 5.94. The van der Waals surface area contributed by atoms with Crippen LogP contribution >= 0.6 is 0 Å². The first-order valence-electron chi connectivity index (χ1n) is 8.43. The third-order valence-corrected chi connectivity index (χ3v) is 3.37. The number of aliphatic hydroxyl groups excluding tert-OH is 1. The van der Waals surface area contributed by atoms with Crippen molar-refractivity contribution in [1.82, 2.24) is 10.6 Å². The molecular formula is C18H30N2O3. The van der Waals surface area contributed by atoms with E-state index in [1.807, 2.05) is 32.9 Å². The van der Waals surface area contributed by atoms with Gasteiger partial charge < -0.3 is 20.5 Å². The second-order valence-corrected chi connectivity index (χ2v) is 5.96. The van der Waals surface area contributed by atoms with Gasteiger partial charge in [0.05, 0.1) is 0 Å². The highest BCUT2D eigenvalue weighted by Crippen LogP contribution is 2.22. The summed E-state index contributed by atoms with van der Waals surface area (Å²) >= 11 is 0. The van der Waals surface area contributed by atoms with E-state index in [4.69, 9.17) is 4.74 Å². The number of aliphatic hydroxyl groups is 1. The number of rotatable bonds is 10. The van der Waals surface area contributed by atoms with Gasteiger partial charge in [-0.3, -0.25) is 4.79 Å². The van der Waals surface area contributed by atoms with Crippen LogP contribution in [0, 0.1) is 0 Å². The second-order valence-electron chi connectivity index (χ2n) is 5.96. The number of benzene rings is 1. The summed E-state index contributed by atoms with van der Waals surface area (Å²) in [6, 6.07) is 5.79.